The van der Waals surface area contributed by atoms with Gasteiger partial charge in [0.05, 0.1) is 48.3 Å². The zero-order valence-electron chi connectivity index (χ0n) is 18.9. The molecule has 6 rings (SSSR count). The molecule has 4 aliphatic rings. The Hall–Kier alpha value is -2.24. The van der Waals surface area contributed by atoms with Gasteiger partial charge in [0.1, 0.15) is 23.0 Å². The van der Waals surface area contributed by atoms with Crippen molar-refractivity contribution in [3.05, 3.63) is 40.1 Å². The molecule has 2 aromatic rings. The number of hydrogen-bond acceptors (Lipinski definition) is 6. The Morgan fingerprint density at radius 1 is 1.17 bits per heavy atom. The van der Waals surface area contributed by atoms with Crippen LogP contribution < -0.4 is 5.32 Å². The maximum Gasteiger partial charge on any atom is 0.416 e. The van der Waals surface area contributed by atoms with E-state index in [0.29, 0.717) is 48.4 Å². The SMILES string of the molecule is F[C@H]1CN(C2COC2)CC[C@@H]1n1ncc(Cc2nc3c(c(NC4CC4)n2)C(C(F)(F)F)=CC3)c1Cl. The number of ether oxygens (including phenoxy) is 1. The van der Waals surface area contributed by atoms with Gasteiger partial charge >= 0.3 is 6.18 Å². The van der Waals surface area contributed by atoms with Crippen molar-refractivity contribution in [2.45, 2.75) is 62.6 Å². The van der Waals surface area contributed by atoms with Crippen LogP contribution in [0.2, 0.25) is 5.15 Å². The Bertz CT molecular complexity index is 1160. The second kappa shape index (κ2) is 8.70. The highest BCUT2D eigenvalue weighted by molar-refractivity contribution is 6.30. The molecule has 0 aromatic carbocycles. The number of rotatable bonds is 6. The van der Waals surface area contributed by atoms with E-state index in [4.69, 9.17) is 16.3 Å². The fraction of sp³-hybridized carbons (Fsp3) is 0.609. The van der Waals surface area contributed by atoms with Crippen LogP contribution in [0.1, 0.15) is 47.9 Å². The van der Waals surface area contributed by atoms with Crippen molar-refractivity contribution in [1.82, 2.24) is 24.6 Å². The van der Waals surface area contributed by atoms with Crippen molar-refractivity contribution in [2.75, 3.05) is 31.6 Å². The van der Waals surface area contributed by atoms with Gasteiger partial charge < -0.3 is 10.1 Å². The van der Waals surface area contributed by atoms with E-state index in [-0.39, 0.29) is 36.3 Å². The zero-order valence-corrected chi connectivity index (χ0v) is 19.6. The summed E-state index contributed by atoms with van der Waals surface area (Å²) in [5.41, 5.74) is 0.318. The molecule has 0 radical (unpaired) electrons. The van der Waals surface area contributed by atoms with Crippen LogP contribution >= 0.6 is 11.6 Å². The topological polar surface area (TPSA) is 68.1 Å². The molecule has 0 spiro atoms. The van der Waals surface area contributed by atoms with Crippen LogP contribution in [0.4, 0.5) is 23.4 Å². The summed E-state index contributed by atoms with van der Waals surface area (Å²) in [5, 5.41) is 7.81. The van der Waals surface area contributed by atoms with Crippen molar-refractivity contribution < 1.29 is 22.3 Å². The van der Waals surface area contributed by atoms with Crippen LogP contribution in [0.15, 0.2) is 12.3 Å². The Morgan fingerprint density at radius 2 is 1.97 bits per heavy atom. The van der Waals surface area contributed by atoms with Crippen LogP contribution in [0, 0.1) is 0 Å². The fourth-order valence-corrected chi connectivity index (χ4v) is 5.30. The first-order valence-corrected chi connectivity index (χ1v) is 12.3. The monoisotopic (exact) mass is 512 g/mol. The second-order valence-corrected chi connectivity index (χ2v) is 10.0. The van der Waals surface area contributed by atoms with Gasteiger partial charge in [-0.05, 0) is 19.3 Å². The number of anilines is 1. The van der Waals surface area contributed by atoms with E-state index >= 15 is 4.39 Å². The highest BCUT2D eigenvalue weighted by atomic mass is 35.5. The molecule has 35 heavy (non-hydrogen) atoms. The standard InChI is InChI=1S/C23H25ClF4N6O/c24-21-12(8-29-34(21)18-5-6-33(9-16(18)25)14-10-35-11-14)7-19-31-17-4-3-15(23(26,27)28)20(17)22(32-19)30-13-1-2-13/h3,8,13-14,16,18H,1-2,4-7,9-11H2,(H,30,31,32)/t16-,18-/m0/s1. The molecule has 12 heteroatoms. The maximum absolute atomic E-state index is 15.1. The number of likely N-dealkylation sites (tertiary alicyclic amines) is 1. The van der Waals surface area contributed by atoms with Crippen molar-refractivity contribution in [1.29, 1.82) is 0 Å². The Labute approximate surface area is 204 Å². The molecule has 3 fully saturated rings. The largest absolute Gasteiger partial charge is 0.416 e. The number of allylic oxidation sites excluding steroid dienone is 2. The van der Waals surface area contributed by atoms with E-state index in [0.717, 1.165) is 25.5 Å². The molecule has 2 atom stereocenters. The number of piperidine rings is 1. The molecule has 188 valence electrons. The van der Waals surface area contributed by atoms with Crippen molar-refractivity contribution in [3.8, 4) is 0 Å². The maximum atomic E-state index is 15.1. The summed E-state index contributed by atoms with van der Waals surface area (Å²) < 4.78 is 62.5. The van der Waals surface area contributed by atoms with E-state index < -0.39 is 24.0 Å². The van der Waals surface area contributed by atoms with Gasteiger partial charge in [-0.1, -0.05) is 17.7 Å². The molecular formula is C23H25ClF4N6O. The number of alkyl halides is 4. The van der Waals surface area contributed by atoms with Gasteiger partial charge in [-0.3, -0.25) is 4.90 Å². The number of hydrogen-bond donors (Lipinski definition) is 1. The molecule has 2 aliphatic heterocycles. The third-order valence-corrected chi connectivity index (χ3v) is 7.58. The molecule has 1 saturated carbocycles. The predicted molar refractivity (Wildman–Crippen MR) is 121 cm³/mol. The van der Waals surface area contributed by atoms with Gasteiger partial charge in [0, 0.05) is 37.5 Å². The fourth-order valence-electron chi connectivity index (χ4n) is 5.01. The van der Waals surface area contributed by atoms with E-state index in [9.17, 15) is 13.2 Å². The van der Waals surface area contributed by atoms with Crippen molar-refractivity contribution >= 4 is 23.0 Å². The van der Waals surface area contributed by atoms with Crippen LogP contribution in [-0.2, 0) is 17.6 Å². The molecule has 7 nitrogen and oxygen atoms in total. The van der Waals surface area contributed by atoms with Crippen LogP contribution in [0.25, 0.3) is 5.57 Å². The molecule has 0 bridgehead atoms. The van der Waals surface area contributed by atoms with Crippen molar-refractivity contribution in [3.63, 3.8) is 0 Å². The normalized spacial score (nSPS) is 25.3. The molecule has 1 N–H and O–H groups in total. The lowest BCUT2D eigenvalue weighted by atomic mass is 10.0. The first-order chi connectivity index (χ1) is 16.8. The van der Waals surface area contributed by atoms with Gasteiger partial charge in [-0.15, -0.1) is 0 Å². The highest BCUT2D eigenvalue weighted by Crippen LogP contribution is 2.43. The summed E-state index contributed by atoms with van der Waals surface area (Å²) in [7, 11) is 0. The summed E-state index contributed by atoms with van der Waals surface area (Å²) in [6.07, 6.45) is -0.181. The van der Waals surface area contributed by atoms with Gasteiger partial charge in [0.15, 0.2) is 0 Å². The minimum absolute atomic E-state index is 0.0406. The number of nitrogens with one attached hydrogen (secondary N) is 1. The lowest BCUT2D eigenvalue weighted by Crippen LogP contribution is -2.55. The molecule has 2 aromatic heterocycles. The van der Waals surface area contributed by atoms with Gasteiger partial charge in [-0.25, -0.2) is 19.0 Å². The third-order valence-electron chi connectivity index (χ3n) is 7.16. The van der Waals surface area contributed by atoms with Crippen LogP contribution in [-0.4, -0.2) is 75.4 Å². The minimum atomic E-state index is -4.47. The van der Waals surface area contributed by atoms with E-state index in [1.807, 2.05) is 0 Å². The molecule has 2 saturated heterocycles. The number of fused-ring (bicyclic) bond motifs is 1. The lowest BCUT2D eigenvalue weighted by Gasteiger charge is -2.42. The quantitative estimate of drug-likeness (QED) is 0.591. The average molecular weight is 513 g/mol. The van der Waals surface area contributed by atoms with Crippen LogP contribution in [0.5, 0.6) is 0 Å². The lowest BCUT2D eigenvalue weighted by molar-refractivity contribution is -0.0847. The zero-order chi connectivity index (χ0) is 24.3. The van der Waals surface area contributed by atoms with E-state index in [1.54, 1.807) is 6.20 Å². The Balaban J connectivity index is 1.23. The smallest absolute Gasteiger partial charge is 0.378 e. The Kier molecular flexibility index (Phi) is 5.76. The second-order valence-electron chi connectivity index (χ2n) is 9.69. The number of nitrogens with zero attached hydrogens (tertiary/aromatic N) is 5. The first kappa shape index (κ1) is 23.2. The van der Waals surface area contributed by atoms with Crippen LogP contribution in [0.3, 0.4) is 0 Å². The average Bonchev–Trinajstić information content (AvgIpc) is 3.34. The molecule has 0 amide bonds. The van der Waals surface area contributed by atoms with E-state index in [2.05, 4.69) is 25.3 Å². The summed E-state index contributed by atoms with van der Waals surface area (Å²) >= 11 is 6.61. The first-order valence-electron chi connectivity index (χ1n) is 11.9. The molecule has 0 unspecified atom stereocenters. The van der Waals surface area contributed by atoms with Gasteiger partial charge in [0.2, 0.25) is 0 Å². The predicted octanol–water partition coefficient (Wildman–Crippen LogP) is 3.98. The van der Waals surface area contributed by atoms with E-state index in [1.165, 1.54) is 4.68 Å². The molecular weight excluding hydrogens is 488 g/mol. The Morgan fingerprint density at radius 3 is 2.63 bits per heavy atom. The molecule has 4 heterocycles. The number of aromatic nitrogens is 4. The number of halogens is 5. The molecule has 2 aliphatic carbocycles. The third kappa shape index (κ3) is 4.42. The summed E-state index contributed by atoms with van der Waals surface area (Å²) in [4.78, 5) is 11.0. The van der Waals surface area contributed by atoms with Gasteiger partial charge in [0.25, 0.3) is 0 Å². The summed E-state index contributed by atoms with van der Waals surface area (Å²) in [5.74, 6) is 0.579. The summed E-state index contributed by atoms with van der Waals surface area (Å²) in [6.45, 7) is 2.33. The van der Waals surface area contributed by atoms with Crippen molar-refractivity contribution in [2.24, 2.45) is 0 Å². The highest BCUT2D eigenvalue weighted by Gasteiger charge is 2.41. The van der Waals surface area contributed by atoms with Gasteiger partial charge in [-0.2, -0.15) is 18.3 Å². The minimum Gasteiger partial charge on any atom is -0.378 e. The summed E-state index contributed by atoms with van der Waals surface area (Å²) in [6, 6.07) is -0.0668.